The summed E-state index contributed by atoms with van der Waals surface area (Å²) < 4.78 is 10.9. The van der Waals surface area contributed by atoms with E-state index in [0.717, 1.165) is 17.7 Å². The number of rotatable bonds is 6. The van der Waals surface area contributed by atoms with Crippen LogP contribution >= 0.6 is 0 Å². The molecule has 0 fully saturated rings. The highest BCUT2D eigenvalue weighted by atomic mass is 16.5. The highest BCUT2D eigenvalue weighted by Crippen LogP contribution is 2.30. The third kappa shape index (κ3) is 3.82. The lowest BCUT2D eigenvalue weighted by atomic mass is 9.97. The molecule has 0 amide bonds. The highest BCUT2D eigenvalue weighted by molar-refractivity contribution is 5.90. The molecule has 0 aromatic heterocycles. The Bertz CT molecular complexity index is 866. The molecule has 0 N–H and O–H groups in total. The maximum absolute atomic E-state index is 11.8. The quantitative estimate of drug-likeness (QED) is 0.595. The number of benzene rings is 3. The van der Waals surface area contributed by atoms with Gasteiger partial charge in [-0.3, -0.25) is 0 Å². The molecular weight excluding hydrogens is 312 g/mol. The zero-order valence-corrected chi connectivity index (χ0v) is 14.6. The molecule has 3 aromatic carbocycles. The first-order chi connectivity index (χ1) is 12.2. The Labute approximate surface area is 148 Å². The van der Waals surface area contributed by atoms with E-state index in [1.807, 2.05) is 56.3 Å². The second-order valence-electron chi connectivity index (χ2n) is 5.79. The van der Waals surface area contributed by atoms with Crippen LogP contribution < -0.4 is 4.74 Å². The van der Waals surface area contributed by atoms with Crippen molar-refractivity contribution >= 4 is 16.7 Å². The summed E-state index contributed by atoms with van der Waals surface area (Å²) in [7, 11) is 0. The summed E-state index contributed by atoms with van der Waals surface area (Å²) in [5.41, 5.74) is 2.88. The molecule has 0 aliphatic carbocycles. The van der Waals surface area contributed by atoms with Gasteiger partial charge in [-0.1, -0.05) is 42.5 Å². The van der Waals surface area contributed by atoms with Crippen molar-refractivity contribution in [3.8, 4) is 5.75 Å². The molecule has 0 heterocycles. The molecule has 0 unspecified atom stereocenters. The minimum Gasteiger partial charge on any atom is -0.494 e. The zero-order chi connectivity index (χ0) is 17.6. The molecule has 0 saturated carbocycles. The Morgan fingerprint density at radius 2 is 1.64 bits per heavy atom. The molecule has 0 bridgehead atoms. The van der Waals surface area contributed by atoms with Crippen LogP contribution in [0.3, 0.4) is 0 Å². The molecule has 0 saturated heterocycles. The predicted molar refractivity (Wildman–Crippen MR) is 100 cm³/mol. The number of hydrogen-bond acceptors (Lipinski definition) is 3. The van der Waals surface area contributed by atoms with Crippen LogP contribution in [0.15, 0.2) is 60.7 Å². The van der Waals surface area contributed by atoms with Crippen LogP contribution in [0.5, 0.6) is 5.75 Å². The molecule has 0 spiro atoms. The molecule has 3 nitrogen and oxygen atoms in total. The molecule has 3 aromatic rings. The fourth-order valence-corrected chi connectivity index (χ4v) is 2.97. The monoisotopic (exact) mass is 334 g/mol. The van der Waals surface area contributed by atoms with Gasteiger partial charge in [-0.2, -0.15) is 0 Å². The van der Waals surface area contributed by atoms with Gasteiger partial charge >= 0.3 is 5.97 Å². The van der Waals surface area contributed by atoms with Crippen LogP contribution in [0.25, 0.3) is 10.8 Å². The van der Waals surface area contributed by atoms with Crippen molar-refractivity contribution in [1.29, 1.82) is 0 Å². The van der Waals surface area contributed by atoms with E-state index in [9.17, 15) is 4.79 Å². The maximum atomic E-state index is 11.8. The fourth-order valence-electron chi connectivity index (χ4n) is 2.97. The lowest BCUT2D eigenvalue weighted by molar-refractivity contribution is 0.0526. The lowest BCUT2D eigenvalue weighted by Crippen LogP contribution is -2.04. The van der Waals surface area contributed by atoms with Crippen molar-refractivity contribution < 1.29 is 14.3 Å². The summed E-state index contributed by atoms with van der Waals surface area (Å²) in [6.07, 6.45) is 0.750. The molecule has 0 radical (unpaired) electrons. The summed E-state index contributed by atoms with van der Waals surface area (Å²) in [6, 6.07) is 20.0. The molecule has 3 heteroatoms. The molecular formula is C22H22O3. The summed E-state index contributed by atoms with van der Waals surface area (Å²) in [5, 5.41) is 2.40. The molecule has 25 heavy (non-hydrogen) atoms. The van der Waals surface area contributed by atoms with E-state index in [1.54, 1.807) is 0 Å². The topological polar surface area (TPSA) is 35.5 Å². The van der Waals surface area contributed by atoms with Gasteiger partial charge in [0.1, 0.15) is 5.75 Å². The Balaban J connectivity index is 1.94. The van der Waals surface area contributed by atoms with Crippen LogP contribution in [0.2, 0.25) is 0 Å². The number of hydrogen-bond donors (Lipinski definition) is 0. The third-order valence-corrected chi connectivity index (χ3v) is 4.14. The van der Waals surface area contributed by atoms with Gasteiger partial charge in [-0.05, 0) is 48.4 Å². The van der Waals surface area contributed by atoms with Crippen LogP contribution in [0.1, 0.15) is 35.3 Å². The Morgan fingerprint density at radius 3 is 2.36 bits per heavy atom. The minimum absolute atomic E-state index is 0.283. The van der Waals surface area contributed by atoms with Gasteiger partial charge < -0.3 is 9.47 Å². The lowest BCUT2D eigenvalue weighted by Gasteiger charge is -2.14. The van der Waals surface area contributed by atoms with Gasteiger partial charge in [0.15, 0.2) is 0 Å². The minimum atomic E-state index is -0.283. The van der Waals surface area contributed by atoms with E-state index in [1.165, 1.54) is 16.3 Å². The van der Waals surface area contributed by atoms with E-state index in [-0.39, 0.29) is 5.97 Å². The van der Waals surface area contributed by atoms with Gasteiger partial charge in [0.2, 0.25) is 0 Å². The molecule has 0 atom stereocenters. The number of ether oxygens (including phenoxy) is 2. The van der Waals surface area contributed by atoms with Crippen molar-refractivity contribution in [3.05, 3.63) is 77.4 Å². The fraction of sp³-hybridized carbons (Fsp3) is 0.227. The molecule has 0 aliphatic heterocycles. The Kier molecular flexibility index (Phi) is 5.34. The highest BCUT2D eigenvalue weighted by Gasteiger charge is 2.11. The second kappa shape index (κ2) is 7.84. The second-order valence-corrected chi connectivity index (χ2v) is 5.79. The molecule has 128 valence electrons. The van der Waals surface area contributed by atoms with Crippen molar-refractivity contribution in [1.82, 2.24) is 0 Å². The number of carbonyl (C=O) groups excluding carboxylic acids is 1. The first kappa shape index (κ1) is 17.0. The van der Waals surface area contributed by atoms with Gasteiger partial charge in [0.25, 0.3) is 0 Å². The Hall–Kier alpha value is -2.81. The predicted octanol–water partition coefficient (Wildman–Crippen LogP) is 5.01. The SMILES string of the molecule is CCOC(=O)c1ccc(Cc2c(OCC)ccc3ccccc23)cc1. The first-order valence-corrected chi connectivity index (χ1v) is 8.62. The summed E-state index contributed by atoms with van der Waals surface area (Å²) in [4.78, 5) is 11.8. The molecule has 0 aliphatic rings. The molecule has 3 rings (SSSR count). The van der Waals surface area contributed by atoms with Gasteiger partial charge in [-0.25, -0.2) is 4.79 Å². The van der Waals surface area contributed by atoms with Crippen LogP contribution in [0.4, 0.5) is 0 Å². The van der Waals surface area contributed by atoms with Crippen molar-refractivity contribution in [2.75, 3.05) is 13.2 Å². The standard InChI is InChI=1S/C22H22O3/c1-3-24-21-14-13-17-7-5-6-8-19(17)20(21)15-16-9-11-18(12-10-16)22(23)25-4-2/h5-14H,3-4,15H2,1-2H3. The summed E-state index contributed by atoms with van der Waals surface area (Å²) >= 11 is 0. The largest absolute Gasteiger partial charge is 0.494 e. The van der Waals surface area contributed by atoms with E-state index in [2.05, 4.69) is 18.2 Å². The van der Waals surface area contributed by atoms with E-state index in [0.29, 0.717) is 18.8 Å². The van der Waals surface area contributed by atoms with Gasteiger partial charge in [0, 0.05) is 12.0 Å². The van der Waals surface area contributed by atoms with Crippen molar-refractivity contribution in [2.24, 2.45) is 0 Å². The Morgan fingerprint density at radius 1 is 0.880 bits per heavy atom. The van der Waals surface area contributed by atoms with Crippen LogP contribution in [0, 0.1) is 0 Å². The van der Waals surface area contributed by atoms with E-state index >= 15 is 0 Å². The van der Waals surface area contributed by atoms with Gasteiger partial charge in [0.05, 0.1) is 18.8 Å². The number of fused-ring (bicyclic) bond motifs is 1. The number of esters is 1. The third-order valence-electron chi connectivity index (χ3n) is 4.14. The van der Waals surface area contributed by atoms with Crippen molar-refractivity contribution in [3.63, 3.8) is 0 Å². The maximum Gasteiger partial charge on any atom is 0.338 e. The van der Waals surface area contributed by atoms with Crippen molar-refractivity contribution in [2.45, 2.75) is 20.3 Å². The van der Waals surface area contributed by atoms with Crippen LogP contribution in [-0.2, 0) is 11.2 Å². The average Bonchev–Trinajstić information content (AvgIpc) is 2.64. The van der Waals surface area contributed by atoms with Crippen LogP contribution in [-0.4, -0.2) is 19.2 Å². The smallest absolute Gasteiger partial charge is 0.338 e. The normalized spacial score (nSPS) is 10.6. The number of carbonyl (C=O) groups is 1. The van der Waals surface area contributed by atoms with E-state index < -0.39 is 0 Å². The summed E-state index contributed by atoms with van der Waals surface area (Å²) in [6.45, 7) is 4.82. The van der Waals surface area contributed by atoms with E-state index in [4.69, 9.17) is 9.47 Å². The summed E-state index contributed by atoms with van der Waals surface area (Å²) in [5.74, 6) is 0.630. The zero-order valence-electron chi connectivity index (χ0n) is 14.6. The first-order valence-electron chi connectivity index (χ1n) is 8.62. The average molecular weight is 334 g/mol. The van der Waals surface area contributed by atoms with Gasteiger partial charge in [-0.15, -0.1) is 0 Å².